The first-order chi connectivity index (χ1) is 9.93. The molecule has 5 nitrogen and oxygen atoms in total. The van der Waals surface area contributed by atoms with Crippen LogP contribution in [0.2, 0.25) is 19.6 Å². The molecular weight excluding hydrogens is 300 g/mol. The van der Waals surface area contributed by atoms with E-state index in [9.17, 15) is 9.59 Å². The minimum absolute atomic E-state index is 0.368. The average Bonchev–Trinajstić information content (AvgIpc) is 2.33. The monoisotopic (exact) mass is 328 g/mol. The van der Waals surface area contributed by atoms with Gasteiger partial charge in [0.1, 0.15) is 5.60 Å². The first kappa shape index (κ1) is 18.7. The highest BCUT2D eigenvalue weighted by atomic mass is 28.4. The predicted octanol–water partition coefficient (Wildman–Crippen LogP) is 3.26. The van der Waals surface area contributed by atoms with Gasteiger partial charge in [-0.1, -0.05) is 0 Å². The third kappa shape index (κ3) is 5.83. The third-order valence-corrected chi connectivity index (χ3v) is 4.03. The van der Waals surface area contributed by atoms with Crippen molar-refractivity contribution in [3.8, 4) is 0 Å². The fraction of sp³-hybridized carbons (Fsp3) is 0.750. The van der Waals surface area contributed by atoms with Gasteiger partial charge in [-0.15, -0.1) is 0 Å². The van der Waals surface area contributed by atoms with E-state index in [2.05, 4.69) is 19.6 Å². The lowest BCUT2D eigenvalue weighted by Gasteiger charge is -2.32. The molecule has 1 aliphatic rings. The van der Waals surface area contributed by atoms with E-state index in [1.54, 1.807) is 0 Å². The number of hydrogen-bond acceptors (Lipinski definition) is 5. The van der Waals surface area contributed by atoms with Gasteiger partial charge in [-0.3, -0.25) is 9.59 Å². The summed E-state index contributed by atoms with van der Waals surface area (Å²) in [4.78, 5) is 24.4. The molecule has 0 amide bonds. The number of esters is 2. The van der Waals surface area contributed by atoms with E-state index in [1.807, 2.05) is 26.8 Å². The van der Waals surface area contributed by atoms with Crippen molar-refractivity contribution in [1.82, 2.24) is 0 Å². The molecular formula is C16H28O5Si. The van der Waals surface area contributed by atoms with Crippen LogP contribution in [0.25, 0.3) is 0 Å². The topological polar surface area (TPSA) is 61.8 Å². The summed E-state index contributed by atoms with van der Waals surface area (Å²) in [6.07, 6.45) is 2.73. The Kier molecular flexibility index (Phi) is 5.84. The number of carbonyl (C=O) groups is 2. The van der Waals surface area contributed by atoms with Crippen molar-refractivity contribution in [2.24, 2.45) is 11.8 Å². The standard InChI is InChI=1S/C16H28O5Si/c1-16(2,3)20-15(18)13-10-11(21-22(5,6)7)8-9-12(13)14(17)19-4/h8,12-13H,9-10H2,1-7H3/t12-,13-/m0/s1. The van der Waals surface area contributed by atoms with Crippen LogP contribution in [0.15, 0.2) is 11.8 Å². The smallest absolute Gasteiger partial charge is 0.310 e. The Labute approximate surface area is 134 Å². The van der Waals surface area contributed by atoms with Gasteiger partial charge < -0.3 is 13.9 Å². The highest BCUT2D eigenvalue weighted by Crippen LogP contribution is 2.34. The first-order valence-corrected chi connectivity index (χ1v) is 11.0. The summed E-state index contributed by atoms with van der Waals surface area (Å²) in [5.41, 5.74) is -0.585. The van der Waals surface area contributed by atoms with Crippen molar-refractivity contribution in [1.29, 1.82) is 0 Å². The molecule has 0 saturated carbocycles. The molecule has 0 radical (unpaired) electrons. The van der Waals surface area contributed by atoms with Gasteiger partial charge >= 0.3 is 11.9 Å². The molecule has 0 aromatic carbocycles. The molecule has 126 valence electrons. The molecule has 0 fully saturated rings. The van der Waals surface area contributed by atoms with E-state index in [1.165, 1.54) is 7.11 Å². The van der Waals surface area contributed by atoms with Crippen molar-refractivity contribution in [2.45, 2.75) is 58.9 Å². The van der Waals surface area contributed by atoms with Crippen molar-refractivity contribution in [3.63, 3.8) is 0 Å². The predicted molar refractivity (Wildman–Crippen MR) is 86.6 cm³/mol. The van der Waals surface area contributed by atoms with E-state index in [0.717, 1.165) is 5.76 Å². The lowest BCUT2D eigenvalue weighted by molar-refractivity contribution is -0.168. The zero-order valence-electron chi connectivity index (χ0n) is 14.7. The summed E-state index contributed by atoms with van der Waals surface area (Å²) in [5.74, 6) is -1.01. The maximum Gasteiger partial charge on any atom is 0.310 e. The second kappa shape index (κ2) is 6.85. The van der Waals surface area contributed by atoms with Crippen LogP contribution >= 0.6 is 0 Å². The molecule has 0 N–H and O–H groups in total. The summed E-state index contributed by atoms with van der Waals surface area (Å²) in [6.45, 7) is 11.7. The van der Waals surface area contributed by atoms with E-state index in [-0.39, 0.29) is 11.9 Å². The molecule has 1 rings (SSSR count). The van der Waals surface area contributed by atoms with Gasteiger partial charge in [-0.05, 0) is 52.9 Å². The molecule has 0 aromatic rings. The van der Waals surface area contributed by atoms with Crippen molar-refractivity contribution < 1.29 is 23.5 Å². The lowest BCUT2D eigenvalue weighted by atomic mass is 9.82. The highest BCUT2D eigenvalue weighted by molar-refractivity contribution is 6.70. The van der Waals surface area contributed by atoms with E-state index >= 15 is 0 Å². The van der Waals surface area contributed by atoms with Crippen LogP contribution in [0.4, 0.5) is 0 Å². The minimum Gasteiger partial charge on any atom is -0.548 e. The van der Waals surface area contributed by atoms with Crippen LogP contribution < -0.4 is 0 Å². The maximum absolute atomic E-state index is 12.5. The maximum atomic E-state index is 12.5. The SMILES string of the molecule is COC(=O)[C@H]1CC=C(O[Si](C)(C)C)C[C@@H]1C(=O)OC(C)(C)C. The van der Waals surface area contributed by atoms with Gasteiger partial charge in [0.15, 0.2) is 0 Å². The molecule has 0 saturated heterocycles. The van der Waals surface area contributed by atoms with Gasteiger partial charge in [0.25, 0.3) is 0 Å². The molecule has 0 heterocycles. The fourth-order valence-electron chi connectivity index (χ4n) is 2.38. The zero-order chi connectivity index (χ0) is 17.1. The van der Waals surface area contributed by atoms with Crippen LogP contribution in [0, 0.1) is 11.8 Å². The van der Waals surface area contributed by atoms with Gasteiger partial charge in [0.2, 0.25) is 8.32 Å². The summed E-state index contributed by atoms with van der Waals surface area (Å²) in [7, 11) is -0.410. The molecule has 2 atom stereocenters. The second-order valence-electron chi connectivity index (χ2n) is 7.59. The van der Waals surface area contributed by atoms with E-state index in [0.29, 0.717) is 12.8 Å². The first-order valence-electron chi connectivity index (χ1n) is 7.61. The van der Waals surface area contributed by atoms with Crippen LogP contribution in [0.5, 0.6) is 0 Å². The van der Waals surface area contributed by atoms with Crippen LogP contribution in [-0.2, 0) is 23.5 Å². The number of methoxy groups -OCH3 is 1. The van der Waals surface area contributed by atoms with Gasteiger partial charge in [-0.25, -0.2) is 0 Å². The largest absolute Gasteiger partial charge is 0.548 e. The fourth-order valence-corrected chi connectivity index (χ4v) is 3.33. The van der Waals surface area contributed by atoms with Gasteiger partial charge in [-0.2, -0.15) is 0 Å². The quantitative estimate of drug-likeness (QED) is 0.585. The summed E-state index contributed by atoms with van der Waals surface area (Å²) >= 11 is 0. The summed E-state index contributed by atoms with van der Waals surface area (Å²) < 4.78 is 16.3. The Morgan fingerprint density at radius 2 is 1.73 bits per heavy atom. The van der Waals surface area contributed by atoms with Crippen molar-refractivity contribution in [3.05, 3.63) is 11.8 Å². The Balaban J connectivity index is 2.94. The second-order valence-corrected chi connectivity index (χ2v) is 12.0. The molecule has 0 spiro atoms. The van der Waals surface area contributed by atoms with Crippen LogP contribution in [0.1, 0.15) is 33.6 Å². The van der Waals surface area contributed by atoms with Gasteiger partial charge in [0.05, 0.1) is 24.7 Å². The lowest BCUT2D eigenvalue weighted by Crippen LogP contribution is -2.38. The van der Waals surface area contributed by atoms with E-state index < -0.39 is 25.8 Å². The summed E-state index contributed by atoms with van der Waals surface area (Å²) in [5, 5.41) is 0. The average molecular weight is 328 g/mol. The molecule has 0 aromatic heterocycles. The Morgan fingerprint density at radius 3 is 2.18 bits per heavy atom. The highest BCUT2D eigenvalue weighted by Gasteiger charge is 2.40. The number of carbonyl (C=O) groups excluding carboxylic acids is 2. The van der Waals surface area contributed by atoms with E-state index in [4.69, 9.17) is 13.9 Å². The normalized spacial score (nSPS) is 22.6. The minimum atomic E-state index is -1.75. The Hall–Kier alpha value is -1.30. The number of allylic oxidation sites excluding steroid dienone is 2. The van der Waals surface area contributed by atoms with Crippen molar-refractivity contribution >= 4 is 20.3 Å². The number of hydrogen-bond donors (Lipinski definition) is 0. The van der Waals surface area contributed by atoms with Crippen molar-refractivity contribution in [2.75, 3.05) is 7.11 Å². The Bertz CT molecular complexity index is 456. The summed E-state index contributed by atoms with van der Waals surface area (Å²) in [6, 6.07) is 0. The van der Waals surface area contributed by atoms with Crippen LogP contribution in [-0.4, -0.2) is 33.0 Å². The molecule has 0 bridgehead atoms. The van der Waals surface area contributed by atoms with Gasteiger partial charge in [0, 0.05) is 6.42 Å². The number of ether oxygens (including phenoxy) is 2. The molecule has 22 heavy (non-hydrogen) atoms. The molecule has 0 unspecified atom stereocenters. The third-order valence-electron chi connectivity index (χ3n) is 3.16. The number of rotatable bonds is 4. The molecule has 0 aliphatic heterocycles. The van der Waals surface area contributed by atoms with Crippen LogP contribution in [0.3, 0.4) is 0 Å². The molecule has 1 aliphatic carbocycles. The zero-order valence-corrected chi connectivity index (χ0v) is 15.7. The molecule has 6 heteroatoms. The Morgan fingerprint density at radius 1 is 1.14 bits per heavy atom.